The van der Waals surface area contributed by atoms with Gasteiger partial charge < -0.3 is 5.73 Å². The van der Waals surface area contributed by atoms with Crippen LogP contribution in [0.15, 0.2) is 15.9 Å². The summed E-state index contributed by atoms with van der Waals surface area (Å²) in [6.45, 7) is 4.67. The maximum absolute atomic E-state index is 5.59. The third-order valence-electron chi connectivity index (χ3n) is 2.61. The number of hydrogen-bond acceptors (Lipinski definition) is 4. The second-order valence-corrected chi connectivity index (χ2v) is 6.30. The summed E-state index contributed by atoms with van der Waals surface area (Å²) in [4.78, 5) is 10.2. The van der Waals surface area contributed by atoms with Crippen molar-refractivity contribution in [3.63, 3.8) is 0 Å². The maximum atomic E-state index is 5.59. The molecule has 2 aromatic rings. The van der Waals surface area contributed by atoms with E-state index in [-0.39, 0.29) is 0 Å². The second-order valence-electron chi connectivity index (χ2n) is 3.84. The molecule has 17 heavy (non-hydrogen) atoms. The maximum Gasteiger partial charge on any atom is 0.169 e. The molecule has 0 radical (unpaired) electrons. The molecule has 0 aliphatic carbocycles. The first-order chi connectivity index (χ1) is 8.11. The fourth-order valence-electron chi connectivity index (χ4n) is 1.79. The lowest BCUT2D eigenvalue weighted by Gasteiger charge is -2.08. The van der Waals surface area contributed by atoms with Crippen LogP contribution in [0.3, 0.4) is 0 Å². The van der Waals surface area contributed by atoms with Crippen molar-refractivity contribution in [3.05, 3.63) is 32.9 Å². The van der Waals surface area contributed by atoms with E-state index >= 15 is 0 Å². The van der Waals surface area contributed by atoms with Crippen LogP contribution in [-0.2, 0) is 6.42 Å². The Morgan fingerprint density at radius 2 is 1.88 bits per heavy atom. The Hall–Kier alpha value is -0.780. The second kappa shape index (κ2) is 5.25. The molecule has 0 aromatic carbocycles. The van der Waals surface area contributed by atoms with E-state index in [0.717, 1.165) is 32.3 Å². The number of nitrogens with two attached hydrogens (primary N) is 1. The molecule has 90 valence electrons. The van der Waals surface area contributed by atoms with Gasteiger partial charge >= 0.3 is 0 Å². The molecule has 5 heteroatoms. The van der Waals surface area contributed by atoms with Crippen molar-refractivity contribution in [3.8, 4) is 10.7 Å². The highest BCUT2D eigenvalue weighted by Gasteiger charge is 2.10. The van der Waals surface area contributed by atoms with E-state index in [9.17, 15) is 0 Å². The molecule has 2 heterocycles. The number of aryl methyl sites for hydroxylation is 2. The predicted molar refractivity (Wildman–Crippen MR) is 75.3 cm³/mol. The number of nitrogens with zero attached hydrogens (tertiary/aromatic N) is 2. The minimum Gasteiger partial charge on any atom is -0.330 e. The van der Waals surface area contributed by atoms with E-state index in [0.29, 0.717) is 6.54 Å². The van der Waals surface area contributed by atoms with E-state index < -0.39 is 0 Å². The fourth-order valence-corrected chi connectivity index (χ4v) is 3.11. The van der Waals surface area contributed by atoms with Gasteiger partial charge in [0.15, 0.2) is 5.82 Å². The van der Waals surface area contributed by atoms with Crippen LogP contribution in [0.2, 0.25) is 0 Å². The third-order valence-corrected chi connectivity index (χ3v) is 4.23. The van der Waals surface area contributed by atoms with Crippen molar-refractivity contribution in [2.24, 2.45) is 5.73 Å². The molecule has 0 saturated carbocycles. The zero-order valence-electron chi connectivity index (χ0n) is 9.83. The van der Waals surface area contributed by atoms with Gasteiger partial charge in [0.05, 0.1) is 8.66 Å². The molecular weight excluding hydrogens is 298 g/mol. The van der Waals surface area contributed by atoms with E-state index in [1.165, 1.54) is 5.56 Å². The standard InChI is InChI=1S/C12H14BrN3S/c1-7-9(5-6-14)8(2)16-12(15-7)10-3-4-11(13)17-10/h3-4H,5-6,14H2,1-2H3. The number of rotatable bonds is 3. The topological polar surface area (TPSA) is 51.8 Å². The van der Waals surface area contributed by atoms with Crippen LogP contribution in [0.25, 0.3) is 10.7 Å². The summed E-state index contributed by atoms with van der Waals surface area (Å²) in [5, 5.41) is 0. The predicted octanol–water partition coefficient (Wildman–Crippen LogP) is 3.09. The lowest BCUT2D eigenvalue weighted by atomic mass is 10.1. The summed E-state index contributed by atoms with van der Waals surface area (Å²) in [5.41, 5.74) is 8.82. The highest BCUT2D eigenvalue weighted by molar-refractivity contribution is 9.11. The van der Waals surface area contributed by atoms with Crippen LogP contribution in [-0.4, -0.2) is 16.5 Å². The highest BCUT2D eigenvalue weighted by Crippen LogP contribution is 2.29. The summed E-state index contributed by atoms with van der Waals surface area (Å²) in [7, 11) is 0. The van der Waals surface area contributed by atoms with Crippen LogP contribution in [0.4, 0.5) is 0 Å². The van der Waals surface area contributed by atoms with Gasteiger partial charge in [0.25, 0.3) is 0 Å². The average Bonchev–Trinajstić information content (AvgIpc) is 2.70. The summed E-state index contributed by atoms with van der Waals surface area (Å²) < 4.78 is 1.09. The average molecular weight is 312 g/mol. The molecule has 0 aliphatic rings. The molecule has 2 N–H and O–H groups in total. The minimum absolute atomic E-state index is 0.634. The number of hydrogen-bond donors (Lipinski definition) is 1. The zero-order chi connectivity index (χ0) is 12.4. The van der Waals surface area contributed by atoms with Crippen LogP contribution in [0.5, 0.6) is 0 Å². The Morgan fingerprint density at radius 1 is 1.24 bits per heavy atom. The quantitative estimate of drug-likeness (QED) is 0.947. The lowest BCUT2D eigenvalue weighted by Crippen LogP contribution is -2.09. The van der Waals surface area contributed by atoms with Crippen LogP contribution in [0.1, 0.15) is 17.0 Å². The van der Waals surface area contributed by atoms with Gasteiger partial charge in [0, 0.05) is 11.4 Å². The largest absolute Gasteiger partial charge is 0.330 e. The van der Waals surface area contributed by atoms with Crippen LogP contribution in [0, 0.1) is 13.8 Å². The molecule has 3 nitrogen and oxygen atoms in total. The SMILES string of the molecule is Cc1nc(-c2ccc(Br)s2)nc(C)c1CCN. The Labute approximate surface area is 113 Å². The van der Waals surface area contributed by atoms with Crippen molar-refractivity contribution < 1.29 is 0 Å². The van der Waals surface area contributed by atoms with E-state index in [2.05, 4.69) is 25.9 Å². The van der Waals surface area contributed by atoms with Gasteiger partial charge in [-0.15, -0.1) is 11.3 Å². The lowest BCUT2D eigenvalue weighted by molar-refractivity contribution is 0.899. The first kappa shape index (κ1) is 12.7. The molecule has 0 saturated heterocycles. The van der Waals surface area contributed by atoms with Crippen molar-refractivity contribution >= 4 is 27.3 Å². The van der Waals surface area contributed by atoms with Gasteiger partial charge in [0.1, 0.15) is 0 Å². The zero-order valence-corrected chi connectivity index (χ0v) is 12.2. The van der Waals surface area contributed by atoms with E-state index in [4.69, 9.17) is 5.73 Å². The molecule has 0 spiro atoms. The van der Waals surface area contributed by atoms with Crippen LogP contribution < -0.4 is 5.73 Å². The summed E-state index contributed by atoms with van der Waals surface area (Å²) in [5.74, 6) is 0.802. The Morgan fingerprint density at radius 3 is 2.35 bits per heavy atom. The Bertz CT molecular complexity index is 513. The van der Waals surface area contributed by atoms with Crippen molar-refractivity contribution in [2.75, 3.05) is 6.54 Å². The molecule has 0 atom stereocenters. The molecule has 0 unspecified atom stereocenters. The molecule has 0 bridgehead atoms. The van der Waals surface area contributed by atoms with Crippen molar-refractivity contribution in [2.45, 2.75) is 20.3 Å². The highest BCUT2D eigenvalue weighted by atomic mass is 79.9. The molecule has 0 fully saturated rings. The Kier molecular flexibility index (Phi) is 3.91. The third kappa shape index (κ3) is 2.73. The molecule has 2 aromatic heterocycles. The van der Waals surface area contributed by atoms with E-state index in [1.807, 2.05) is 26.0 Å². The van der Waals surface area contributed by atoms with Gasteiger partial charge in [-0.3, -0.25) is 0 Å². The molecule has 0 amide bonds. The first-order valence-corrected chi connectivity index (χ1v) is 7.02. The molecular formula is C12H14BrN3S. The number of thiophene rings is 1. The smallest absolute Gasteiger partial charge is 0.169 e. The van der Waals surface area contributed by atoms with E-state index in [1.54, 1.807) is 11.3 Å². The van der Waals surface area contributed by atoms with Gasteiger partial charge in [0.2, 0.25) is 0 Å². The van der Waals surface area contributed by atoms with Crippen molar-refractivity contribution in [1.29, 1.82) is 0 Å². The van der Waals surface area contributed by atoms with Crippen LogP contribution >= 0.6 is 27.3 Å². The fraction of sp³-hybridized carbons (Fsp3) is 0.333. The van der Waals surface area contributed by atoms with Crippen molar-refractivity contribution in [1.82, 2.24) is 9.97 Å². The number of halogens is 1. The minimum atomic E-state index is 0.634. The molecule has 2 rings (SSSR count). The monoisotopic (exact) mass is 311 g/mol. The molecule has 0 aliphatic heterocycles. The summed E-state index contributed by atoms with van der Waals surface area (Å²) in [6.07, 6.45) is 0.839. The first-order valence-electron chi connectivity index (χ1n) is 5.41. The van der Waals surface area contributed by atoms with Gasteiger partial charge in [-0.1, -0.05) is 0 Å². The van der Waals surface area contributed by atoms with Gasteiger partial charge in [-0.2, -0.15) is 0 Å². The van der Waals surface area contributed by atoms with Gasteiger partial charge in [-0.05, 0) is 60.4 Å². The Balaban J connectivity index is 2.45. The van der Waals surface area contributed by atoms with Gasteiger partial charge in [-0.25, -0.2) is 9.97 Å². The summed E-state index contributed by atoms with van der Waals surface area (Å²) in [6, 6.07) is 4.05. The summed E-state index contributed by atoms with van der Waals surface area (Å²) >= 11 is 5.10. The number of aromatic nitrogens is 2. The normalized spacial score (nSPS) is 10.8.